The number of nitrogens with zero attached hydrogens (tertiary/aromatic N) is 5. The van der Waals surface area contributed by atoms with Gasteiger partial charge in [0.15, 0.2) is 5.82 Å². The third-order valence-corrected chi connectivity index (χ3v) is 5.30. The Labute approximate surface area is 162 Å². The number of nitrogen functional groups attached to an aromatic ring is 1. The van der Waals surface area contributed by atoms with Crippen LogP contribution in [0.5, 0.6) is 0 Å². The molecule has 0 saturated carbocycles. The summed E-state index contributed by atoms with van der Waals surface area (Å²) in [5, 5.41) is 0. The molecule has 2 aliphatic rings. The lowest BCUT2D eigenvalue weighted by atomic mass is 9.99. The van der Waals surface area contributed by atoms with Gasteiger partial charge in [-0.25, -0.2) is 18.7 Å². The van der Waals surface area contributed by atoms with Gasteiger partial charge in [0.05, 0.1) is 0 Å². The smallest absolute Gasteiger partial charge is 0.264 e. The zero-order valence-electron chi connectivity index (χ0n) is 15.7. The number of hydrogen-bond donors (Lipinski definition) is 1. The molecular formula is C19H24F2N6O. The summed E-state index contributed by atoms with van der Waals surface area (Å²) in [6.45, 7) is 3.02. The number of anilines is 2. The topological polar surface area (TPSA) is 90.0 Å². The first-order chi connectivity index (χ1) is 13.6. The van der Waals surface area contributed by atoms with Crippen LogP contribution in [0, 0.1) is 0 Å². The number of hydrogen-bond acceptors (Lipinski definition) is 7. The van der Waals surface area contributed by atoms with Crippen LogP contribution < -0.4 is 10.6 Å². The highest BCUT2D eigenvalue weighted by atomic mass is 19.3. The van der Waals surface area contributed by atoms with E-state index in [4.69, 9.17) is 15.5 Å². The normalized spacial score (nSPS) is 18.6. The van der Waals surface area contributed by atoms with Crippen LogP contribution in [0.2, 0.25) is 0 Å². The number of halogens is 2. The van der Waals surface area contributed by atoms with Crippen molar-refractivity contribution < 1.29 is 13.5 Å². The molecule has 0 radical (unpaired) electrons. The molecule has 4 heterocycles. The Morgan fingerprint density at radius 1 is 1.07 bits per heavy atom. The van der Waals surface area contributed by atoms with Crippen molar-refractivity contribution in [1.82, 2.24) is 19.9 Å². The van der Waals surface area contributed by atoms with Gasteiger partial charge in [-0.3, -0.25) is 0 Å². The van der Waals surface area contributed by atoms with E-state index < -0.39 is 6.43 Å². The molecule has 0 spiro atoms. The minimum Gasteiger partial charge on any atom is -0.384 e. The van der Waals surface area contributed by atoms with Crippen molar-refractivity contribution in [1.29, 1.82) is 0 Å². The van der Waals surface area contributed by atoms with Crippen LogP contribution in [-0.2, 0) is 4.74 Å². The van der Waals surface area contributed by atoms with Crippen molar-refractivity contribution in [2.75, 3.05) is 36.9 Å². The van der Waals surface area contributed by atoms with Crippen LogP contribution in [0.15, 0.2) is 12.3 Å². The molecule has 9 heteroatoms. The first-order valence-corrected chi connectivity index (χ1v) is 9.74. The van der Waals surface area contributed by atoms with Gasteiger partial charge in [-0.1, -0.05) is 0 Å². The van der Waals surface area contributed by atoms with Crippen molar-refractivity contribution in [3.63, 3.8) is 0 Å². The number of piperidine rings is 1. The molecule has 0 bridgehead atoms. The second kappa shape index (κ2) is 8.30. The number of aromatic nitrogens is 4. The summed E-state index contributed by atoms with van der Waals surface area (Å²) in [6.07, 6.45) is 3.58. The van der Waals surface area contributed by atoms with Crippen LogP contribution in [0.4, 0.5) is 20.5 Å². The third kappa shape index (κ3) is 4.04. The van der Waals surface area contributed by atoms with Crippen LogP contribution in [-0.4, -0.2) is 46.2 Å². The van der Waals surface area contributed by atoms with Crippen molar-refractivity contribution in [3.8, 4) is 11.4 Å². The Hall–Kier alpha value is -2.42. The summed E-state index contributed by atoms with van der Waals surface area (Å²) >= 11 is 0. The Bertz CT molecular complexity index is 786. The van der Waals surface area contributed by atoms with Crippen LogP contribution >= 0.6 is 0 Å². The fraction of sp³-hybridized carbons (Fsp3) is 0.579. The lowest BCUT2D eigenvalue weighted by molar-refractivity contribution is 0.0835. The summed E-state index contributed by atoms with van der Waals surface area (Å²) in [5.74, 6) is 1.62. The van der Waals surface area contributed by atoms with Crippen molar-refractivity contribution in [2.24, 2.45) is 0 Å². The highest BCUT2D eigenvalue weighted by Gasteiger charge is 2.25. The fourth-order valence-electron chi connectivity index (χ4n) is 3.73. The maximum atomic E-state index is 13.6. The van der Waals surface area contributed by atoms with Gasteiger partial charge >= 0.3 is 0 Å². The van der Waals surface area contributed by atoms with Gasteiger partial charge in [-0.15, -0.1) is 0 Å². The molecular weight excluding hydrogens is 366 g/mol. The Morgan fingerprint density at radius 2 is 1.82 bits per heavy atom. The van der Waals surface area contributed by atoms with E-state index in [2.05, 4.69) is 19.9 Å². The Balaban J connectivity index is 1.79. The second-order valence-corrected chi connectivity index (χ2v) is 7.25. The van der Waals surface area contributed by atoms with Gasteiger partial charge in [-0.05, 0) is 38.2 Å². The van der Waals surface area contributed by atoms with E-state index in [9.17, 15) is 8.78 Å². The summed E-state index contributed by atoms with van der Waals surface area (Å²) in [7, 11) is 0. The largest absolute Gasteiger partial charge is 0.384 e. The molecule has 2 aromatic rings. The summed E-state index contributed by atoms with van der Waals surface area (Å²) < 4.78 is 32.7. The van der Waals surface area contributed by atoms with Gasteiger partial charge in [0.25, 0.3) is 6.43 Å². The lowest BCUT2D eigenvalue weighted by Gasteiger charge is -2.28. The molecule has 28 heavy (non-hydrogen) atoms. The summed E-state index contributed by atoms with van der Waals surface area (Å²) in [6, 6.07) is 1.19. The van der Waals surface area contributed by atoms with Gasteiger partial charge in [0, 0.05) is 49.5 Å². The molecule has 2 saturated heterocycles. The number of rotatable bonds is 4. The average Bonchev–Trinajstić information content (AvgIpc) is 2.74. The van der Waals surface area contributed by atoms with E-state index >= 15 is 0 Å². The van der Waals surface area contributed by atoms with Crippen molar-refractivity contribution >= 4 is 11.8 Å². The van der Waals surface area contributed by atoms with E-state index in [1.54, 1.807) is 0 Å². The van der Waals surface area contributed by atoms with Crippen LogP contribution in [0.3, 0.4) is 0 Å². The van der Waals surface area contributed by atoms with E-state index in [0.717, 1.165) is 38.8 Å². The zero-order valence-corrected chi connectivity index (χ0v) is 15.7. The quantitative estimate of drug-likeness (QED) is 0.856. The molecule has 7 nitrogen and oxygen atoms in total. The molecule has 0 aromatic carbocycles. The monoisotopic (exact) mass is 390 g/mol. The molecule has 4 rings (SSSR count). The predicted octanol–water partition coefficient (Wildman–Crippen LogP) is 3.34. The highest BCUT2D eigenvalue weighted by Crippen LogP contribution is 2.33. The number of nitrogens with two attached hydrogens (primary N) is 1. The Morgan fingerprint density at radius 3 is 2.54 bits per heavy atom. The summed E-state index contributed by atoms with van der Waals surface area (Å²) in [5.41, 5.74) is 5.62. The van der Waals surface area contributed by atoms with E-state index in [0.29, 0.717) is 25.0 Å². The fourth-order valence-corrected chi connectivity index (χ4v) is 3.73. The zero-order chi connectivity index (χ0) is 19.5. The predicted molar refractivity (Wildman–Crippen MR) is 101 cm³/mol. The van der Waals surface area contributed by atoms with Crippen molar-refractivity contribution in [3.05, 3.63) is 23.7 Å². The van der Waals surface area contributed by atoms with Gasteiger partial charge in [0.2, 0.25) is 5.95 Å². The SMILES string of the molecule is Nc1cc(C(F)F)c(-c2nc(C3CCOCC3)nc(N3CCCCC3)n2)cn1. The molecule has 0 amide bonds. The maximum Gasteiger partial charge on any atom is 0.264 e. The van der Waals surface area contributed by atoms with Crippen LogP contribution in [0.1, 0.15) is 55.8 Å². The minimum atomic E-state index is -2.69. The molecule has 2 aliphatic heterocycles. The first-order valence-electron chi connectivity index (χ1n) is 9.74. The molecule has 2 aromatic heterocycles. The maximum absolute atomic E-state index is 13.6. The van der Waals surface area contributed by atoms with Gasteiger partial charge in [-0.2, -0.15) is 9.97 Å². The summed E-state index contributed by atoms with van der Waals surface area (Å²) in [4.78, 5) is 20.0. The van der Waals surface area contributed by atoms with Crippen molar-refractivity contribution in [2.45, 2.75) is 44.4 Å². The highest BCUT2D eigenvalue weighted by molar-refractivity contribution is 5.62. The standard InChI is InChI=1S/C19H24F2N6O/c20-16(21)13-10-15(22)23-11-14(13)18-24-17(12-4-8-28-9-5-12)25-19(26-18)27-6-2-1-3-7-27/h10-12,16H,1-9H2,(H2,22,23). The third-order valence-electron chi connectivity index (χ3n) is 5.30. The van der Waals surface area contributed by atoms with Crippen LogP contribution in [0.25, 0.3) is 11.4 Å². The molecule has 2 fully saturated rings. The molecule has 150 valence electrons. The number of pyridine rings is 1. The Kier molecular flexibility index (Phi) is 5.61. The van der Waals surface area contributed by atoms with E-state index in [1.807, 2.05) is 0 Å². The van der Waals surface area contributed by atoms with Gasteiger partial charge < -0.3 is 15.4 Å². The number of alkyl halides is 2. The molecule has 0 unspecified atom stereocenters. The minimum absolute atomic E-state index is 0.0500. The molecule has 0 atom stereocenters. The molecule has 2 N–H and O–H groups in total. The van der Waals surface area contributed by atoms with E-state index in [-0.39, 0.29) is 28.7 Å². The first kappa shape index (κ1) is 18.9. The second-order valence-electron chi connectivity index (χ2n) is 7.25. The van der Waals surface area contributed by atoms with Gasteiger partial charge in [0.1, 0.15) is 11.6 Å². The lowest BCUT2D eigenvalue weighted by Crippen LogP contribution is -2.32. The number of ether oxygens (including phenoxy) is 1. The van der Waals surface area contributed by atoms with E-state index in [1.165, 1.54) is 18.7 Å². The average molecular weight is 390 g/mol. The molecule has 0 aliphatic carbocycles.